The van der Waals surface area contributed by atoms with Gasteiger partial charge < -0.3 is 15.5 Å². The number of hydrogen-bond acceptors (Lipinski definition) is 4. The summed E-state index contributed by atoms with van der Waals surface area (Å²) in [7, 11) is 1.73. The van der Waals surface area contributed by atoms with Gasteiger partial charge in [-0.3, -0.25) is 4.99 Å². The molecule has 3 rings (SSSR count). The van der Waals surface area contributed by atoms with Gasteiger partial charge in [-0.15, -0.1) is 0 Å². The maximum atomic E-state index is 13.9. The van der Waals surface area contributed by atoms with Gasteiger partial charge in [-0.05, 0) is 30.2 Å². The van der Waals surface area contributed by atoms with Crippen molar-refractivity contribution in [1.82, 2.24) is 15.6 Å². The molecule has 2 aromatic rings. The average molecular weight is 406 g/mol. The highest BCUT2D eigenvalue weighted by molar-refractivity contribution is 7.98. The molecule has 5 nitrogen and oxygen atoms in total. The third-order valence-corrected chi connectivity index (χ3v) is 5.55. The van der Waals surface area contributed by atoms with E-state index in [4.69, 9.17) is 0 Å². The van der Waals surface area contributed by atoms with Crippen molar-refractivity contribution in [2.45, 2.75) is 18.2 Å². The number of nitrogens with one attached hydrogen (secondary N) is 2. The van der Waals surface area contributed by atoms with Crippen LogP contribution in [0, 0.1) is 11.6 Å². The highest BCUT2D eigenvalue weighted by atomic mass is 32.2. The van der Waals surface area contributed by atoms with E-state index in [-0.39, 0.29) is 17.7 Å². The van der Waals surface area contributed by atoms with E-state index in [1.807, 2.05) is 17.0 Å². The molecule has 0 amide bonds. The van der Waals surface area contributed by atoms with Crippen LogP contribution >= 0.6 is 11.8 Å². The Balaban J connectivity index is 1.38. The Morgan fingerprint density at radius 3 is 2.86 bits per heavy atom. The molecular weight excluding hydrogens is 380 g/mol. The molecule has 1 aromatic carbocycles. The van der Waals surface area contributed by atoms with Gasteiger partial charge in [-0.2, -0.15) is 11.8 Å². The van der Waals surface area contributed by atoms with E-state index in [9.17, 15) is 8.78 Å². The van der Waals surface area contributed by atoms with Crippen LogP contribution in [-0.2, 0) is 5.75 Å². The zero-order valence-electron chi connectivity index (χ0n) is 15.9. The van der Waals surface area contributed by atoms with Crippen LogP contribution in [0.5, 0.6) is 0 Å². The predicted molar refractivity (Wildman–Crippen MR) is 112 cm³/mol. The third-order valence-electron chi connectivity index (χ3n) is 4.55. The molecule has 28 heavy (non-hydrogen) atoms. The molecule has 1 unspecified atom stereocenters. The number of guanidine groups is 1. The summed E-state index contributed by atoms with van der Waals surface area (Å²) in [6, 6.07) is 10.1. The number of halogens is 2. The maximum Gasteiger partial charge on any atom is 0.191 e. The van der Waals surface area contributed by atoms with Crippen LogP contribution in [0.3, 0.4) is 0 Å². The topological polar surface area (TPSA) is 52.6 Å². The molecular formula is C20H25F2N5S. The minimum Gasteiger partial charge on any atom is -0.356 e. The van der Waals surface area contributed by atoms with Gasteiger partial charge in [0.2, 0.25) is 0 Å². The second-order valence-electron chi connectivity index (χ2n) is 6.53. The molecule has 1 atom stereocenters. The first-order chi connectivity index (χ1) is 13.7. The summed E-state index contributed by atoms with van der Waals surface area (Å²) in [6.07, 6.45) is 2.50. The Morgan fingerprint density at radius 2 is 2.07 bits per heavy atom. The van der Waals surface area contributed by atoms with E-state index < -0.39 is 0 Å². The summed E-state index contributed by atoms with van der Waals surface area (Å²) in [5.41, 5.74) is 0.725. The Morgan fingerprint density at radius 1 is 1.25 bits per heavy atom. The molecule has 150 valence electrons. The molecule has 1 saturated heterocycles. The number of benzene rings is 1. The largest absolute Gasteiger partial charge is 0.356 e. The smallest absolute Gasteiger partial charge is 0.191 e. The molecule has 1 aromatic heterocycles. The molecule has 1 aliphatic rings. The van der Waals surface area contributed by atoms with Crippen molar-refractivity contribution in [2.24, 2.45) is 4.99 Å². The molecule has 0 bridgehead atoms. The van der Waals surface area contributed by atoms with Crippen LogP contribution < -0.4 is 15.5 Å². The number of aliphatic imine (C=N–C) groups is 1. The lowest BCUT2D eigenvalue weighted by atomic mass is 10.2. The van der Waals surface area contributed by atoms with E-state index >= 15 is 0 Å². The first-order valence-corrected chi connectivity index (χ1v) is 10.5. The van der Waals surface area contributed by atoms with Crippen molar-refractivity contribution in [1.29, 1.82) is 0 Å². The zero-order chi connectivity index (χ0) is 19.8. The number of pyridine rings is 1. The fraction of sp³-hybridized carbons (Fsp3) is 0.400. The predicted octanol–water partition coefficient (Wildman–Crippen LogP) is 3.04. The van der Waals surface area contributed by atoms with E-state index in [1.165, 1.54) is 12.1 Å². The molecule has 2 N–H and O–H groups in total. The van der Waals surface area contributed by atoms with Gasteiger partial charge in [0.25, 0.3) is 0 Å². The molecule has 0 spiro atoms. The minimum atomic E-state index is -0.294. The summed E-state index contributed by atoms with van der Waals surface area (Å²) in [4.78, 5) is 10.3. The molecule has 0 radical (unpaired) electrons. The van der Waals surface area contributed by atoms with E-state index in [2.05, 4.69) is 20.6 Å². The third kappa shape index (κ3) is 5.58. The minimum absolute atomic E-state index is 0.157. The first kappa shape index (κ1) is 20.4. The second kappa shape index (κ2) is 10.3. The van der Waals surface area contributed by atoms with Crippen LogP contribution in [0.25, 0.3) is 0 Å². The summed E-state index contributed by atoms with van der Waals surface area (Å²) < 4.78 is 27.5. The van der Waals surface area contributed by atoms with Gasteiger partial charge in [0.15, 0.2) is 17.6 Å². The maximum absolute atomic E-state index is 13.9. The van der Waals surface area contributed by atoms with Gasteiger partial charge in [-0.1, -0.05) is 18.2 Å². The fourth-order valence-corrected chi connectivity index (χ4v) is 3.95. The van der Waals surface area contributed by atoms with Crippen LogP contribution in [0.2, 0.25) is 0 Å². The monoisotopic (exact) mass is 405 g/mol. The average Bonchev–Trinajstić information content (AvgIpc) is 3.16. The van der Waals surface area contributed by atoms with E-state index in [0.29, 0.717) is 18.1 Å². The van der Waals surface area contributed by atoms with E-state index in [1.54, 1.807) is 37.1 Å². The van der Waals surface area contributed by atoms with Crippen LogP contribution in [-0.4, -0.2) is 49.4 Å². The van der Waals surface area contributed by atoms with Crippen LogP contribution in [0.4, 0.5) is 14.6 Å². The normalized spacial score (nSPS) is 17.0. The quantitative estimate of drug-likeness (QED) is 0.421. The summed E-state index contributed by atoms with van der Waals surface area (Å²) in [5.74, 6) is 2.16. The zero-order valence-corrected chi connectivity index (χ0v) is 16.7. The Labute approximate surface area is 168 Å². The van der Waals surface area contributed by atoms with Gasteiger partial charge in [0.1, 0.15) is 5.82 Å². The van der Waals surface area contributed by atoms with Gasteiger partial charge in [0, 0.05) is 50.4 Å². The molecule has 1 aliphatic heterocycles. The lowest BCUT2D eigenvalue weighted by Gasteiger charge is -2.20. The Kier molecular flexibility index (Phi) is 7.47. The standard InChI is InChI=1S/C20H25F2N5S/c1-23-20(25-10-12-28-14-15-5-2-3-6-17(15)21)26-16-8-11-27(13-16)19-18(22)7-4-9-24-19/h2-7,9,16H,8,10-14H2,1H3,(H2,23,25,26). The lowest BCUT2D eigenvalue weighted by molar-refractivity contribution is 0.612. The number of hydrogen-bond donors (Lipinski definition) is 2. The summed E-state index contributed by atoms with van der Waals surface area (Å²) >= 11 is 1.67. The van der Waals surface area contributed by atoms with Crippen molar-refractivity contribution in [3.63, 3.8) is 0 Å². The Bertz CT molecular complexity index is 802. The number of aromatic nitrogens is 1. The summed E-state index contributed by atoms with van der Waals surface area (Å²) in [6.45, 7) is 2.15. The van der Waals surface area contributed by atoms with Crippen molar-refractivity contribution in [2.75, 3.05) is 37.3 Å². The summed E-state index contributed by atoms with van der Waals surface area (Å²) in [5, 5.41) is 6.66. The van der Waals surface area contributed by atoms with Crippen molar-refractivity contribution in [3.8, 4) is 0 Å². The number of nitrogens with zero attached hydrogens (tertiary/aromatic N) is 3. The van der Waals surface area contributed by atoms with Gasteiger partial charge in [0.05, 0.1) is 0 Å². The highest BCUT2D eigenvalue weighted by Crippen LogP contribution is 2.20. The number of anilines is 1. The van der Waals surface area contributed by atoms with Crippen molar-refractivity contribution >= 4 is 23.5 Å². The SMILES string of the molecule is CN=C(NCCSCc1ccccc1F)NC1CCN(c2ncccc2F)C1. The van der Waals surface area contributed by atoms with E-state index in [0.717, 1.165) is 36.8 Å². The molecule has 0 saturated carbocycles. The molecule has 2 heterocycles. The Hall–Kier alpha value is -2.35. The van der Waals surface area contributed by atoms with Crippen LogP contribution in [0.1, 0.15) is 12.0 Å². The molecule has 0 aliphatic carbocycles. The van der Waals surface area contributed by atoms with Crippen molar-refractivity contribution in [3.05, 3.63) is 59.8 Å². The van der Waals surface area contributed by atoms with Gasteiger partial charge >= 0.3 is 0 Å². The van der Waals surface area contributed by atoms with Crippen LogP contribution in [0.15, 0.2) is 47.6 Å². The lowest BCUT2D eigenvalue weighted by Crippen LogP contribution is -2.45. The first-order valence-electron chi connectivity index (χ1n) is 9.31. The highest BCUT2D eigenvalue weighted by Gasteiger charge is 2.25. The number of rotatable bonds is 7. The second-order valence-corrected chi connectivity index (χ2v) is 7.63. The molecule has 1 fully saturated rings. The van der Waals surface area contributed by atoms with Crippen molar-refractivity contribution < 1.29 is 8.78 Å². The number of thioether (sulfide) groups is 1. The fourth-order valence-electron chi connectivity index (χ4n) is 3.11. The van der Waals surface area contributed by atoms with Gasteiger partial charge in [-0.25, -0.2) is 13.8 Å². The molecule has 8 heteroatoms.